The lowest BCUT2D eigenvalue weighted by Gasteiger charge is -2.45. The Bertz CT molecular complexity index is 169. The van der Waals surface area contributed by atoms with Gasteiger partial charge in [0, 0.05) is 23.6 Å². The molecular formula is C7H11NO2S. The van der Waals surface area contributed by atoms with Crippen molar-refractivity contribution in [2.24, 2.45) is 0 Å². The first-order valence-corrected chi connectivity index (χ1v) is 4.78. The van der Waals surface area contributed by atoms with Gasteiger partial charge >= 0.3 is 5.97 Å². The second-order valence-corrected chi connectivity index (χ2v) is 4.81. The van der Waals surface area contributed by atoms with Gasteiger partial charge in [-0.25, -0.2) is 0 Å². The van der Waals surface area contributed by atoms with Gasteiger partial charge in [-0.1, -0.05) is 0 Å². The number of carboxylic acid groups (broad SMARTS) is 1. The van der Waals surface area contributed by atoms with Gasteiger partial charge in [0.15, 0.2) is 0 Å². The summed E-state index contributed by atoms with van der Waals surface area (Å²) in [6.45, 7) is 2.19. The van der Waals surface area contributed by atoms with Crippen molar-refractivity contribution in [3.63, 3.8) is 0 Å². The van der Waals surface area contributed by atoms with Gasteiger partial charge < -0.3 is 5.11 Å². The maximum atomic E-state index is 10.3. The number of hydrogen-bond donors (Lipinski definition) is 1. The SMILES string of the molecule is O=C(O)CN1CC2CC(C1)S2. The average molecular weight is 173 g/mol. The number of carboxylic acids is 1. The summed E-state index contributed by atoms with van der Waals surface area (Å²) in [4.78, 5) is 12.4. The Morgan fingerprint density at radius 1 is 1.55 bits per heavy atom. The predicted molar refractivity (Wildman–Crippen MR) is 43.9 cm³/mol. The van der Waals surface area contributed by atoms with E-state index < -0.39 is 5.97 Å². The number of piperidine rings is 1. The van der Waals surface area contributed by atoms with Gasteiger partial charge in [-0.05, 0) is 6.42 Å². The van der Waals surface area contributed by atoms with E-state index in [9.17, 15) is 4.79 Å². The van der Waals surface area contributed by atoms with Crippen molar-refractivity contribution in [3.05, 3.63) is 0 Å². The fourth-order valence-electron chi connectivity index (χ4n) is 1.76. The molecule has 2 bridgehead atoms. The zero-order valence-electron chi connectivity index (χ0n) is 6.19. The van der Waals surface area contributed by atoms with Crippen LogP contribution in [-0.2, 0) is 4.79 Å². The van der Waals surface area contributed by atoms with Crippen molar-refractivity contribution in [1.29, 1.82) is 0 Å². The third-order valence-corrected chi connectivity index (χ3v) is 3.65. The van der Waals surface area contributed by atoms with Crippen LogP contribution in [0.2, 0.25) is 0 Å². The maximum Gasteiger partial charge on any atom is 0.317 e. The smallest absolute Gasteiger partial charge is 0.317 e. The normalized spacial score (nSPS) is 36.4. The standard InChI is InChI=1S/C7H11NO2S/c9-7(10)4-8-2-5-1-6(3-8)11-5/h5-6H,1-4H2,(H,9,10). The zero-order valence-corrected chi connectivity index (χ0v) is 7.01. The molecule has 0 aliphatic carbocycles. The summed E-state index contributed by atoms with van der Waals surface area (Å²) < 4.78 is 0. The highest BCUT2D eigenvalue weighted by atomic mass is 32.2. The van der Waals surface area contributed by atoms with Crippen LogP contribution in [0.5, 0.6) is 0 Å². The van der Waals surface area contributed by atoms with Crippen molar-refractivity contribution >= 4 is 17.7 Å². The van der Waals surface area contributed by atoms with Crippen molar-refractivity contribution in [2.45, 2.75) is 16.9 Å². The minimum atomic E-state index is -0.698. The molecule has 3 heterocycles. The topological polar surface area (TPSA) is 40.5 Å². The van der Waals surface area contributed by atoms with E-state index in [0.717, 1.165) is 23.6 Å². The lowest BCUT2D eigenvalue weighted by atomic mass is 10.1. The van der Waals surface area contributed by atoms with Crippen molar-refractivity contribution in [3.8, 4) is 0 Å². The van der Waals surface area contributed by atoms with Crippen LogP contribution in [0.25, 0.3) is 0 Å². The first kappa shape index (κ1) is 7.43. The molecule has 0 aromatic rings. The molecule has 0 aromatic carbocycles. The fraction of sp³-hybridized carbons (Fsp3) is 0.857. The minimum Gasteiger partial charge on any atom is -0.480 e. The Morgan fingerprint density at radius 2 is 2.09 bits per heavy atom. The number of thioether (sulfide) groups is 1. The highest BCUT2D eigenvalue weighted by Gasteiger charge is 2.38. The van der Waals surface area contributed by atoms with Crippen molar-refractivity contribution in [2.75, 3.05) is 19.6 Å². The maximum absolute atomic E-state index is 10.3. The molecule has 3 saturated heterocycles. The Hall–Kier alpha value is -0.220. The first-order chi connectivity index (χ1) is 5.24. The minimum absolute atomic E-state index is 0.230. The first-order valence-electron chi connectivity index (χ1n) is 3.83. The highest BCUT2D eigenvalue weighted by Crippen LogP contribution is 2.41. The summed E-state index contributed by atoms with van der Waals surface area (Å²) in [5, 5.41) is 9.98. The highest BCUT2D eigenvalue weighted by molar-refractivity contribution is 8.02. The molecule has 3 fully saturated rings. The summed E-state index contributed by atoms with van der Waals surface area (Å²) >= 11 is 2.01. The van der Waals surface area contributed by atoms with Crippen LogP contribution in [0, 0.1) is 0 Å². The molecule has 0 aromatic heterocycles. The van der Waals surface area contributed by atoms with Crippen LogP contribution in [-0.4, -0.2) is 46.1 Å². The van der Waals surface area contributed by atoms with Gasteiger partial charge in [0.05, 0.1) is 6.54 Å². The van der Waals surface area contributed by atoms with E-state index in [0.29, 0.717) is 0 Å². The largest absolute Gasteiger partial charge is 0.480 e. The van der Waals surface area contributed by atoms with E-state index >= 15 is 0 Å². The van der Waals surface area contributed by atoms with Gasteiger partial charge in [0.25, 0.3) is 0 Å². The number of nitrogens with zero attached hydrogens (tertiary/aromatic N) is 1. The van der Waals surface area contributed by atoms with Gasteiger partial charge in [-0.15, -0.1) is 0 Å². The summed E-state index contributed by atoms with van der Waals surface area (Å²) in [5.74, 6) is -0.698. The summed E-state index contributed by atoms with van der Waals surface area (Å²) in [5.41, 5.74) is 0. The zero-order chi connectivity index (χ0) is 7.84. The van der Waals surface area contributed by atoms with E-state index in [4.69, 9.17) is 5.11 Å². The Labute approximate surface area is 69.8 Å². The van der Waals surface area contributed by atoms with Gasteiger partial charge in [0.1, 0.15) is 0 Å². The second kappa shape index (κ2) is 2.68. The Morgan fingerprint density at radius 3 is 2.55 bits per heavy atom. The molecule has 62 valence electrons. The molecule has 3 aliphatic heterocycles. The number of aliphatic carboxylic acids is 1. The van der Waals surface area contributed by atoms with Crippen LogP contribution in [0.3, 0.4) is 0 Å². The van der Waals surface area contributed by atoms with Crippen LogP contribution in [0.4, 0.5) is 0 Å². The molecule has 0 amide bonds. The number of fused-ring (bicyclic) bond motifs is 2. The monoisotopic (exact) mass is 173 g/mol. The number of hydrogen-bond acceptors (Lipinski definition) is 3. The second-order valence-electron chi connectivity index (χ2n) is 3.20. The molecule has 4 heteroatoms. The van der Waals surface area contributed by atoms with Gasteiger partial charge in [-0.3, -0.25) is 9.69 Å². The molecule has 3 aliphatic rings. The van der Waals surface area contributed by atoms with Crippen molar-refractivity contribution in [1.82, 2.24) is 4.90 Å². The predicted octanol–water partition coefficient (Wildman–Crippen LogP) is 0.261. The van der Waals surface area contributed by atoms with Crippen LogP contribution in [0.15, 0.2) is 0 Å². The molecule has 0 saturated carbocycles. The third-order valence-electron chi connectivity index (χ3n) is 2.19. The molecule has 0 radical (unpaired) electrons. The van der Waals surface area contributed by atoms with Gasteiger partial charge in [0.2, 0.25) is 0 Å². The van der Waals surface area contributed by atoms with E-state index in [2.05, 4.69) is 0 Å². The van der Waals surface area contributed by atoms with E-state index in [1.165, 1.54) is 6.42 Å². The third kappa shape index (κ3) is 1.51. The molecule has 3 nitrogen and oxygen atoms in total. The van der Waals surface area contributed by atoms with E-state index in [1.54, 1.807) is 0 Å². The Balaban J connectivity index is 1.83. The van der Waals surface area contributed by atoms with Crippen molar-refractivity contribution < 1.29 is 9.90 Å². The van der Waals surface area contributed by atoms with Crippen LogP contribution >= 0.6 is 11.8 Å². The van der Waals surface area contributed by atoms with Gasteiger partial charge in [-0.2, -0.15) is 11.8 Å². The molecular weight excluding hydrogens is 162 g/mol. The summed E-state index contributed by atoms with van der Waals surface area (Å²) in [6.07, 6.45) is 1.31. The molecule has 1 N–H and O–H groups in total. The molecule has 0 spiro atoms. The fourth-order valence-corrected chi connectivity index (χ4v) is 3.23. The number of carbonyl (C=O) groups is 1. The van der Waals surface area contributed by atoms with Crippen LogP contribution in [0.1, 0.15) is 6.42 Å². The summed E-state index contributed by atoms with van der Waals surface area (Å²) in [6, 6.07) is 0. The molecule has 2 atom stereocenters. The van der Waals surface area contributed by atoms with E-state index in [1.807, 2.05) is 16.7 Å². The quantitative estimate of drug-likeness (QED) is 0.650. The molecule has 11 heavy (non-hydrogen) atoms. The lowest BCUT2D eigenvalue weighted by Crippen LogP contribution is -2.52. The number of rotatable bonds is 2. The summed E-state index contributed by atoms with van der Waals surface area (Å²) in [7, 11) is 0. The average Bonchev–Trinajstić information content (AvgIpc) is 1.83. The lowest BCUT2D eigenvalue weighted by molar-refractivity contribution is -0.138. The van der Waals surface area contributed by atoms with Crippen LogP contribution < -0.4 is 0 Å². The van der Waals surface area contributed by atoms with E-state index in [-0.39, 0.29) is 6.54 Å². The molecule has 3 rings (SSSR count). The Kier molecular flexibility index (Phi) is 1.81. The molecule has 2 unspecified atom stereocenters.